The van der Waals surface area contributed by atoms with Gasteiger partial charge in [-0.2, -0.15) is 0 Å². The Hall–Kier alpha value is -1.14. The summed E-state index contributed by atoms with van der Waals surface area (Å²) < 4.78 is 11.9. The highest BCUT2D eigenvalue weighted by atomic mass is 16.7. The molecule has 3 rings (SSSR count). The molecule has 1 saturated carbocycles. The first-order valence-corrected chi connectivity index (χ1v) is 6.82. The fourth-order valence-corrected chi connectivity index (χ4v) is 1.95. The van der Waals surface area contributed by atoms with Gasteiger partial charge in [0.1, 0.15) is 5.82 Å². The maximum absolute atomic E-state index is 5.95. The van der Waals surface area contributed by atoms with Crippen molar-refractivity contribution in [3.05, 3.63) is 12.3 Å². The van der Waals surface area contributed by atoms with Gasteiger partial charge in [0.2, 0.25) is 0 Å². The van der Waals surface area contributed by atoms with E-state index < -0.39 is 7.12 Å². The zero-order valence-corrected chi connectivity index (χ0v) is 11.9. The highest BCUT2D eigenvalue weighted by molar-refractivity contribution is 6.60. The Labute approximate surface area is 114 Å². The lowest BCUT2D eigenvalue weighted by molar-refractivity contribution is 0.00578. The second kappa shape index (κ2) is 4.18. The Bertz CT molecular complexity index is 473. The van der Waals surface area contributed by atoms with Crippen LogP contribution in [0.4, 0.5) is 5.82 Å². The molecule has 0 spiro atoms. The Balaban J connectivity index is 1.79. The number of rotatable bonds is 3. The minimum Gasteiger partial charge on any atom is -0.397 e. The second-order valence-electron chi connectivity index (χ2n) is 6.31. The van der Waals surface area contributed by atoms with Crippen LogP contribution in [0.3, 0.4) is 0 Å². The molecule has 6 heteroatoms. The molecule has 1 aliphatic heterocycles. The van der Waals surface area contributed by atoms with Gasteiger partial charge in [-0.05, 0) is 46.6 Å². The SMILES string of the molecule is CC1(C)OB(c2nccc(NC3CC3)n2)OC1(C)C. The molecule has 2 heterocycles. The van der Waals surface area contributed by atoms with Crippen molar-refractivity contribution < 1.29 is 9.31 Å². The lowest BCUT2D eigenvalue weighted by atomic mass is 9.89. The van der Waals surface area contributed by atoms with Crippen LogP contribution in [0.2, 0.25) is 0 Å². The molecule has 1 aromatic heterocycles. The third-order valence-electron chi connectivity index (χ3n) is 4.07. The number of nitrogens with zero attached hydrogens (tertiary/aromatic N) is 2. The summed E-state index contributed by atoms with van der Waals surface area (Å²) in [5.41, 5.74) is -0.133. The molecule has 0 aromatic carbocycles. The predicted octanol–water partition coefficient (Wildman–Crippen LogP) is 1.35. The average molecular weight is 261 g/mol. The number of hydrogen-bond acceptors (Lipinski definition) is 5. The summed E-state index contributed by atoms with van der Waals surface area (Å²) in [4.78, 5) is 8.77. The van der Waals surface area contributed by atoms with Crippen molar-refractivity contribution in [2.45, 2.75) is 57.8 Å². The molecule has 5 nitrogen and oxygen atoms in total. The van der Waals surface area contributed by atoms with Crippen LogP contribution in [-0.2, 0) is 9.31 Å². The summed E-state index contributed by atoms with van der Waals surface area (Å²) in [6.07, 6.45) is 4.18. The van der Waals surface area contributed by atoms with Crippen molar-refractivity contribution in [3.63, 3.8) is 0 Å². The topological polar surface area (TPSA) is 56.3 Å². The summed E-state index contributed by atoms with van der Waals surface area (Å²) in [5, 5.41) is 3.36. The van der Waals surface area contributed by atoms with Crippen LogP contribution in [0.15, 0.2) is 12.3 Å². The molecule has 0 bridgehead atoms. The van der Waals surface area contributed by atoms with E-state index in [0.717, 1.165) is 5.82 Å². The summed E-state index contributed by atoms with van der Waals surface area (Å²) >= 11 is 0. The van der Waals surface area contributed by atoms with Crippen molar-refractivity contribution in [2.24, 2.45) is 0 Å². The predicted molar refractivity (Wildman–Crippen MR) is 74.4 cm³/mol. The van der Waals surface area contributed by atoms with Gasteiger partial charge in [0, 0.05) is 12.2 Å². The van der Waals surface area contributed by atoms with Crippen molar-refractivity contribution >= 4 is 18.7 Å². The van der Waals surface area contributed by atoms with Crippen LogP contribution in [0.25, 0.3) is 0 Å². The number of nitrogens with one attached hydrogen (secondary N) is 1. The molecule has 102 valence electrons. The van der Waals surface area contributed by atoms with Gasteiger partial charge < -0.3 is 14.6 Å². The van der Waals surface area contributed by atoms with E-state index in [0.29, 0.717) is 11.8 Å². The standard InChI is InChI=1S/C13H20BN3O2/c1-12(2)13(3,4)19-14(18-12)11-15-8-7-10(17-11)16-9-5-6-9/h7-9H,5-6H2,1-4H3,(H,15,16,17). The first-order chi connectivity index (χ1) is 8.87. The Morgan fingerprint density at radius 3 is 2.42 bits per heavy atom. The Kier molecular flexibility index (Phi) is 2.83. The van der Waals surface area contributed by atoms with E-state index in [1.54, 1.807) is 6.20 Å². The Morgan fingerprint density at radius 1 is 1.21 bits per heavy atom. The quantitative estimate of drug-likeness (QED) is 0.832. The molecule has 0 amide bonds. The van der Waals surface area contributed by atoms with E-state index in [2.05, 4.69) is 15.3 Å². The summed E-state index contributed by atoms with van der Waals surface area (Å²) in [6, 6.07) is 2.45. The van der Waals surface area contributed by atoms with Gasteiger partial charge >= 0.3 is 7.12 Å². The average Bonchev–Trinajstić information content (AvgIpc) is 3.07. The van der Waals surface area contributed by atoms with Crippen LogP contribution in [0.5, 0.6) is 0 Å². The highest BCUT2D eigenvalue weighted by Gasteiger charge is 2.53. The molecule has 0 unspecified atom stereocenters. The molecular formula is C13H20BN3O2. The molecule has 2 fully saturated rings. The van der Waals surface area contributed by atoms with Gasteiger partial charge in [-0.25, -0.2) is 9.97 Å². The molecule has 1 aromatic rings. The van der Waals surface area contributed by atoms with Gasteiger partial charge in [-0.3, -0.25) is 0 Å². The van der Waals surface area contributed by atoms with E-state index in [9.17, 15) is 0 Å². The zero-order chi connectivity index (χ0) is 13.7. The van der Waals surface area contributed by atoms with Crippen LogP contribution in [0.1, 0.15) is 40.5 Å². The third-order valence-corrected chi connectivity index (χ3v) is 4.07. The molecular weight excluding hydrogens is 241 g/mol. The van der Waals surface area contributed by atoms with Gasteiger partial charge in [0.25, 0.3) is 0 Å². The van der Waals surface area contributed by atoms with Crippen LogP contribution < -0.4 is 11.0 Å². The van der Waals surface area contributed by atoms with E-state index in [1.807, 2.05) is 33.8 Å². The van der Waals surface area contributed by atoms with E-state index in [-0.39, 0.29) is 11.2 Å². The second-order valence-corrected chi connectivity index (χ2v) is 6.31. The smallest absolute Gasteiger partial charge is 0.397 e. The number of hydrogen-bond donors (Lipinski definition) is 1. The zero-order valence-electron chi connectivity index (χ0n) is 11.9. The number of anilines is 1. The molecule has 1 aliphatic carbocycles. The van der Waals surface area contributed by atoms with Crippen molar-refractivity contribution in [2.75, 3.05) is 5.32 Å². The van der Waals surface area contributed by atoms with Crippen molar-refractivity contribution in [1.29, 1.82) is 0 Å². The minimum absolute atomic E-state index is 0.360. The largest absolute Gasteiger partial charge is 0.534 e. The van der Waals surface area contributed by atoms with Crippen LogP contribution >= 0.6 is 0 Å². The lowest BCUT2D eigenvalue weighted by Gasteiger charge is -2.32. The van der Waals surface area contributed by atoms with E-state index >= 15 is 0 Å². The summed E-state index contributed by atoms with van der Waals surface area (Å²) in [6.45, 7) is 8.11. The summed E-state index contributed by atoms with van der Waals surface area (Å²) in [5.74, 6) is 0.849. The maximum atomic E-state index is 5.95. The van der Waals surface area contributed by atoms with Gasteiger partial charge in [-0.15, -0.1) is 0 Å². The minimum atomic E-state index is -0.494. The normalized spacial score (nSPS) is 24.5. The van der Waals surface area contributed by atoms with Crippen LogP contribution in [0, 0.1) is 0 Å². The van der Waals surface area contributed by atoms with Crippen LogP contribution in [-0.4, -0.2) is 34.3 Å². The molecule has 1 N–H and O–H groups in total. The molecule has 19 heavy (non-hydrogen) atoms. The molecule has 2 aliphatic rings. The first-order valence-electron chi connectivity index (χ1n) is 6.82. The van der Waals surface area contributed by atoms with Gasteiger partial charge in [0.15, 0.2) is 5.72 Å². The van der Waals surface area contributed by atoms with E-state index in [1.165, 1.54) is 12.8 Å². The third kappa shape index (κ3) is 2.47. The fourth-order valence-electron chi connectivity index (χ4n) is 1.95. The molecule has 1 saturated heterocycles. The maximum Gasteiger partial charge on any atom is 0.534 e. The van der Waals surface area contributed by atoms with Crippen molar-refractivity contribution in [3.8, 4) is 0 Å². The lowest BCUT2D eigenvalue weighted by Crippen LogP contribution is -2.41. The van der Waals surface area contributed by atoms with Gasteiger partial charge in [-0.1, -0.05) is 0 Å². The number of aromatic nitrogens is 2. The summed E-state index contributed by atoms with van der Waals surface area (Å²) in [7, 11) is -0.494. The van der Waals surface area contributed by atoms with Gasteiger partial charge in [0.05, 0.1) is 11.2 Å². The fraction of sp³-hybridized carbons (Fsp3) is 0.692. The monoisotopic (exact) mass is 261 g/mol. The van der Waals surface area contributed by atoms with E-state index in [4.69, 9.17) is 9.31 Å². The Morgan fingerprint density at radius 2 is 1.84 bits per heavy atom. The van der Waals surface area contributed by atoms with Crippen molar-refractivity contribution in [1.82, 2.24) is 9.97 Å². The first kappa shape index (κ1) is 12.9. The molecule has 0 radical (unpaired) electrons. The highest BCUT2D eigenvalue weighted by Crippen LogP contribution is 2.36. The molecule has 0 atom stereocenters.